The minimum Gasteiger partial charge on any atom is -0.456 e. The second kappa shape index (κ2) is 10.4. The minimum atomic E-state index is 0.859. The van der Waals surface area contributed by atoms with Crippen LogP contribution >= 0.6 is 0 Å². The van der Waals surface area contributed by atoms with Gasteiger partial charge in [-0.15, -0.1) is 0 Å². The van der Waals surface area contributed by atoms with Crippen LogP contribution in [0.1, 0.15) is 0 Å². The van der Waals surface area contributed by atoms with Crippen LogP contribution in [0.15, 0.2) is 179 Å². The Balaban J connectivity index is 1.17. The van der Waals surface area contributed by atoms with Crippen molar-refractivity contribution in [3.8, 4) is 5.69 Å². The Morgan fingerprint density at radius 1 is 0.340 bits per heavy atom. The SMILES string of the molecule is c1ccc(-n2c3ccccc3c3ccc(N(c4ccc5cc6c(cc5c4)oc4ccccc46)c4ccc5c(c4)oc4ccccc45)cc32)cc1. The van der Waals surface area contributed by atoms with Crippen LogP contribution in [-0.2, 0) is 0 Å². The first kappa shape index (κ1) is 27.2. The smallest absolute Gasteiger partial charge is 0.137 e. The molecule has 0 aliphatic carbocycles. The van der Waals surface area contributed by atoms with Crippen molar-refractivity contribution in [2.75, 3.05) is 4.90 Å². The predicted octanol–water partition coefficient (Wildman–Crippen LogP) is 13.2. The molecule has 3 heterocycles. The molecule has 8 aromatic carbocycles. The predicted molar refractivity (Wildman–Crippen MR) is 208 cm³/mol. The quantitative estimate of drug-likeness (QED) is 0.192. The molecule has 4 nitrogen and oxygen atoms in total. The molecule has 0 unspecified atom stereocenters. The van der Waals surface area contributed by atoms with Crippen molar-refractivity contribution in [3.63, 3.8) is 0 Å². The third kappa shape index (κ3) is 3.99. The zero-order chi connectivity index (χ0) is 32.8. The summed E-state index contributed by atoms with van der Waals surface area (Å²) < 4.78 is 15.1. The number of rotatable bonds is 4. The fourth-order valence-corrected chi connectivity index (χ4v) is 7.85. The topological polar surface area (TPSA) is 34.5 Å². The molecule has 3 aromatic heterocycles. The Hall–Kier alpha value is -6.78. The number of aromatic nitrogens is 1. The molecule has 0 bridgehead atoms. The highest BCUT2D eigenvalue weighted by molar-refractivity contribution is 6.12. The highest BCUT2D eigenvalue weighted by atomic mass is 16.3. The van der Waals surface area contributed by atoms with Gasteiger partial charge in [0.05, 0.1) is 11.0 Å². The number of anilines is 3. The lowest BCUT2D eigenvalue weighted by atomic mass is 10.0. The summed E-state index contributed by atoms with van der Waals surface area (Å²) in [5.41, 5.74) is 10.1. The molecule has 0 aliphatic rings. The highest BCUT2D eigenvalue weighted by Gasteiger charge is 2.20. The average Bonchev–Trinajstić information content (AvgIpc) is 3.83. The minimum absolute atomic E-state index is 0.859. The van der Waals surface area contributed by atoms with Crippen LogP contribution in [0.4, 0.5) is 17.1 Å². The maximum atomic E-state index is 6.41. The molecule has 0 spiro atoms. The molecular formula is C46H28N2O2. The first-order chi connectivity index (χ1) is 24.8. The zero-order valence-corrected chi connectivity index (χ0v) is 26.9. The standard InChI is InChI=1S/C46H28N2O2/c1-2-10-31(11-3-1)48-41-15-7-4-12-35(41)36-22-20-33(27-42(36)48)47(34-21-23-39-37-13-5-8-16-43(37)50-46(39)28-34)32-19-18-29-25-40-38-14-6-9-17-44(38)49-45(40)26-30(29)24-32/h1-28H. The van der Waals surface area contributed by atoms with E-state index in [0.29, 0.717) is 0 Å². The number of nitrogens with zero attached hydrogens (tertiary/aromatic N) is 2. The van der Waals surface area contributed by atoms with Gasteiger partial charge in [0.1, 0.15) is 22.3 Å². The first-order valence-electron chi connectivity index (χ1n) is 16.9. The zero-order valence-electron chi connectivity index (χ0n) is 26.9. The number of hydrogen-bond acceptors (Lipinski definition) is 3. The van der Waals surface area contributed by atoms with Crippen molar-refractivity contribution in [2.45, 2.75) is 0 Å². The van der Waals surface area contributed by atoms with E-state index >= 15 is 0 Å². The summed E-state index contributed by atoms with van der Waals surface area (Å²) in [5.74, 6) is 0. The molecule has 4 heteroatoms. The van der Waals surface area contributed by atoms with Gasteiger partial charge in [-0.1, -0.05) is 84.9 Å². The summed E-state index contributed by atoms with van der Waals surface area (Å²) in [6, 6.07) is 60.2. The molecule has 11 aromatic rings. The molecule has 0 saturated heterocycles. The lowest BCUT2D eigenvalue weighted by Crippen LogP contribution is -2.10. The van der Waals surface area contributed by atoms with Crippen LogP contribution in [0.5, 0.6) is 0 Å². The second-order valence-electron chi connectivity index (χ2n) is 13.0. The van der Waals surface area contributed by atoms with Crippen molar-refractivity contribution in [1.82, 2.24) is 4.57 Å². The lowest BCUT2D eigenvalue weighted by molar-refractivity contribution is 0.669. The van der Waals surface area contributed by atoms with Gasteiger partial charge in [0.15, 0.2) is 0 Å². The summed E-state index contributed by atoms with van der Waals surface area (Å²) in [7, 11) is 0. The molecule has 234 valence electrons. The van der Waals surface area contributed by atoms with Crippen LogP contribution in [0.25, 0.3) is 82.1 Å². The Morgan fingerprint density at radius 2 is 0.900 bits per heavy atom. The maximum absolute atomic E-state index is 6.41. The number of hydrogen-bond donors (Lipinski definition) is 0. The highest BCUT2D eigenvalue weighted by Crippen LogP contribution is 2.43. The van der Waals surface area contributed by atoms with E-state index in [9.17, 15) is 0 Å². The summed E-state index contributed by atoms with van der Waals surface area (Å²) in [5, 5.41) is 9.22. The summed E-state index contributed by atoms with van der Waals surface area (Å²) in [6.07, 6.45) is 0. The molecule has 0 saturated carbocycles. The number of furan rings is 2. The van der Waals surface area contributed by atoms with Crippen LogP contribution in [-0.4, -0.2) is 4.57 Å². The summed E-state index contributed by atoms with van der Waals surface area (Å²) in [6.45, 7) is 0. The number of fused-ring (bicyclic) bond motifs is 10. The van der Waals surface area contributed by atoms with Gasteiger partial charge in [-0.05, 0) is 89.6 Å². The van der Waals surface area contributed by atoms with Gasteiger partial charge in [0.2, 0.25) is 0 Å². The molecule has 0 radical (unpaired) electrons. The Kier molecular flexibility index (Phi) is 5.63. The van der Waals surface area contributed by atoms with Gasteiger partial charge >= 0.3 is 0 Å². The lowest BCUT2D eigenvalue weighted by Gasteiger charge is -2.26. The molecule has 0 fully saturated rings. The molecule has 0 aliphatic heterocycles. The average molecular weight is 641 g/mol. The summed E-state index contributed by atoms with van der Waals surface area (Å²) >= 11 is 0. The molecule has 11 rings (SSSR count). The van der Waals surface area contributed by atoms with E-state index in [1.807, 2.05) is 24.3 Å². The Labute approximate surface area is 286 Å². The van der Waals surface area contributed by atoms with E-state index < -0.39 is 0 Å². The monoisotopic (exact) mass is 640 g/mol. The van der Waals surface area contributed by atoms with Gasteiger partial charge < -0.3 is 18.3 Å². The third-order valence-electron chi connectivity index (χ3n) is 10.1. The second-order valence-corrected chi connectivity index (χ2v) is 13.0. The van der Waals surface area contributed by atoms with E-state index in [-0.39, 0.29) is 0 Å². The molecular weight excluding hydrogens is 613 g/mol. The normalized spacial score (nSPS) is 12.0. The van der Waals surface area contributed by atoms with Crippen LogP contribution < -0.4 is 4.90 Å². The third-order valence-corrected chi connectivity index (χ3v) is 10.1. The summed E-state index contributed by atoms with van der Waals surface area (Å²) in [4.78, 5) is 2.33. The largest absolute Gasteiger partial charge is 0.456 e. The van der Waals surface area contributed by atoms with E-state index in [2.05, 4.69) is 155 Å². The van der Waals surface area contributed by atoms with Crippen LogP contribution in [0.3, 0.4) is 0 Å². The van der Waals surface area contributed by atoms with Gasteiger partial charge in [0.25, 0.3) is 0 Å². The molecule has 0 N–H and O–H groups in total. The van der Waals surface area contributed by atoms with Crippen molar-refractivity contribution < 1.29 is 8.83 Å². The van der Waals surface area contributed by atoms with E-state index in [0.717, 1.165) is 77.5 Å². The van der Waals surface area contributed by atoms with Gasteiger partial charge in [-0.25, -0.2) is 0 Å². The fraction of sp³-hybridized carbons (Fsp3) is 0. The van der Waals surface area contributed by atoms with E-state index in [4.69, 9.17) is 8.83 Å². The molecule has 0 atom stereocenters. The van der Waals surface area contributed by atoms with Crippen molar-refractivity contribution >= 4 is 93.5 Å². The van der Waals surface area contributed by atoms with Crippen molar-refractivity contribution in [3.05, 3.63) is 170 Å². The Bertz CT molecular complexity index is 3110. The van der Waals surface area contributed by atoms with Crippen molar-refractivity contribution in [1.29, 1.82) is 0 Å². The van der Waals surface area contributed by atoms with E-state index in [1.54, 1.807) is 0 Å². The Morgan fingerprint density at radius 3 is 1.70 bits per heavy atom. The van der Waals surface area contributed by atoms with Gasteiger partial charge in [-0.3, -0.25) is 0 Å². The van der Waals surface area contributed by atoms with Crippen molar-refractivity contribution in [2.24, 2.45) is 0 Å². The first-order valence-corrected chi connectivity index (χ1v) is 16.9. The number of para-hydroxylation sites is 4. The number of benzene rings is 8. The van der Waals surface area contributed by atoms with Gasteiger partial charge in [0, 0.05) is 61.1 Å². The van der Waals surface area contributed by atoms with Gasteiger partial charge in [-0.2, -0.15) is 0 Å². The van der Waals surface area contributed by atoms with E-state index in [1.165, 1.54) is 21.7 Å². The van der Waals surface area contributed by atoms with Crippen LogP contribution in [0.2, 0.25) is 0 Å². The van der Waals surface area contributed by atoms with Crippen LogP contribution in [0, 0.1) is 0 Å². The molecule has 0 amide bonds. The molecule has 50 heavy (non-hydrogen) atoms. The maximum Gasteiger partial charge on any atom is 0.137 e. The fourth-order valence-electron chi connectivity index (χ4n) is 7.85.